The molecule has 2 amide bonds. The van der Waals surface area contributed by atoms with E-state index in [9.17, 15) is 14.4 Å². The summed E-state index contributed by atoms with van der Waals surface area (Å²) in [6.07, 6.45) is 2.90. The molecule has 2 aromatic rings. The average molecular weight is 451 g/mol. The van der Waals surface area contributed by atoms with E-state index in [1.807, 2.05) is 24.3 Å². The van der Waals surface area contributed by atoms with Crippen molar-refractivity contribution in [1.29, 1.82) is 0 Å². The van der Waals surface area contributed by atoms with Crippen LogP contribution in [-0.4, -0.2) is 42.3 Å². The van der Waals surface area contributed by atoms with Crippen molar-refractivity contribution in [2.45, 2.75) is 50.5 Å². The SMILES string of the molecule is O=C(O)CCCNC(=O)C[C@H]1CC[C@@H](NC(=O)OCC2c3ccccc3-c3ccccc32)C1. The fourth-order valence-electron chi connectivity index (χ4n) is 5.00. The van der Waals surface area contributed by atoms with E-state index in [-0.39, 0.29) is 36.8 Å². The second-order valence-electron chi connectivity index (χ2n) is 8.90. The van der Waals surface area contributed by atoms with Crippen molar-refractivity contribution in [2.24, 2.45) is 5.92 Å². The van der Waals surface area contributed by atoms with Crippen LogP contribution in [0.4, 0.5) is 4.79 Å². The number of alkyl carbamates (subject to hydrolysis) is 1. The Kier molecular flexibility index (Phi) is 7.27. The van der Waals surface area contributed by atoms with Crippen molar-refractivity contribution in [3.63, 3.8) is 0 Å². The van der Waals surface area contributed by atoms with Crippen LogP contribution in [0, 0.1) is 5.92 Å². The summed E-state index contributed by atoms with van der Waals surface area (Å²) in [6.45, 7) is 0.661. The summed E-state index contributed by atoms with van der Waals surface area (Å²) in [5, 5.41) is 14.4. The third-order valence-corrected chi connectivity index (χ3v) is 6.57. The molecule has 1 saturated carbocycles. The molecule has 2 aliphatic rings. The number of hydrogen-bond acceptors (Lipinski definition) is 4. The van der Waals surface area contributed by atoms with Crippen LogP contribution in [-0.2, 0) is 14.3 Å². The van der Waals surface area contributed by atoms with Crippen molar-refractivity contribution in [3.05, 3.63) is 59.7 Å². The quantitative estimate of drug-likeness (QED) is 0.500. The van der Waals surface area contributed by atoms with Gasteiger partial charge in [-0.15, -0.1) is 0 Å². The van der Waals surface area contributed by atoms with E-state index in [2.05, 4.69) is 34.9 Å². The molecule has 4 rings (SSSR count). The number of amides is 2. The van der Waals surface area contributed by atoms with Gasteiger partial charge >= 0.3 is 12.1 Å². The highest BCUT2D eigenvalue weighted by atomic mass is 16.5. The van der Waals surface area contributed by atoms with Crippen molar-refractivity contribution >= 4 is 18.0 Å². The standard InChI is InChI=1S/C26H30N2O5/c29-24(27-13-5-10-25(30)31)15-17-11-12-18(14-17)28-26(32)33-16-23-21-8-3-1-6-19(21)20-7-2-4-9-22(20)23/h1-4,6-9,17-18,23H,5,10-16H2,(H,27,29)(H,28,32)(H,30,31)/t17-,18+/m0/s1. The van der Waals surface area contributed by atoms with Gasteiger partial charge in [0.15, 0.2) is 0 Å². The molecule has 0 radical (unpaired) electrons. The number of carbonyl (C=O) groups is 3. The second kappa shape index (κ2) is 10.5. The molecule has 0 bridgehead atoms. The molecule has 174 valence electrons. The molecule has 33 heavy (non-hydrogen) atoms. The number of hydrogen-bond donors (Lipinski definition) is 3. The fraction of sp³-hybridized carbons (Fsp3) is 0.423. The lowest BCUT2D eigenvalue weighted by Gasteiger charge is -2.17. The summed E-state index contributed by atoms with van der Waals surface area (Å²) < 4.78 is 5.63. The van der Waals surface area contributed by atoms with Crippen molar-refractivity contribution in [3.8, 4) is 11.1 Å². The van der Waals surface area contributed by atoms with Gasteiger partial charge in [0.2, 0.25) is 5.91 Å². The minimum absolute atomic E-state index is 0.00506. The minimum atomic E-state index is -0.859. The summed E-state index contributed by atoms with van der Waals surface area (Å²) >= 11 is 0. The van der Waals surface area contributed by atoms with Crippen LogP contribution in [0.5, 0.6) is 0 Å². The summed E-state index contributed by atoms with van der Waals surface area (Å²) in [6, 6.07) is 16.5. The van der Waals surface area contributed by atoms with Gasteiger partial charge in [-0.25, -0.2) is 4.79 Å². The van der Waals surface area contributed by atoms with Gasteiger partial charge in [0.25, 0.3) is 0 Å². The van der Waals surface area contributed by atoms with Crippen LogP contribution in [0.3, 0.4) is 0 Å². The van der Waals surface area contributed by atoms with Crippen LogP contribution in [0.15, 0.2) is 48.5 Å². The van der Waals surface area contributed by atoms with Crippen LogP contribution in [0.25, 0.3) is 11.1 Å². The number of rotatable bonds is 9. The lowest BCUT2D eigenvalue weighted by molar-refractivity contribution is -0.137. The molecule has 2 aromatic carbocycles. The zero-order valence-electron chi connectivity index (χ0n) is 18.6. The van der Waals surface area contributed by atoms with Gasteiger partial charge in [-0.05, 0) is 53.9 Å². The first kappa shape index (κ1) is 22.8. The maximum atomic E-state index is 12.5. The molecule has 0 saturated heterocycles. The normalized spacial score (nSPS) is 18.9. The molecule has 0 unspecified atom stereocenters. The molecule has 1 fully saturated rings. The second-order valence-corrected chi connectivity index (χ2v) is 8.90. The molecule has 0 aromatic heterocycles. The molecule has 0 spiro atoms. The van der Waals surface area contributed by atoms with E-state index >= 15 is 0 Å². The lowest BCUT2D eigenvalue weighted by atomic mass is 9.98. The lowest BCUT2D eigenvalue weighted by Crippen LogP contribution is -2.34. The average Bonchev–Trinajstić information content (AvgIpc) is 3.37. The first-order valence-corrected chi connectivity index (χ1v) is 11.6. The van der Waals surface area contributed by atoms with E-state index < -0.39 is 12.1 Å². The Labute approximate surface area is 193 Å². The number of fused-ring (bicyclic) bond motifs is 3. The Morgan fingerprint density at radius 3 is 2.30 bits per heavy atom. The van der Waals surface area contributed by atoms with Crippen LogP contribution in [0.2, 0.25) is 0 Å². The Morgan fingerprint density at radius 2 is 1.64 bits per heavy atom. The zero-order valence-corrected chi connectivity index (χ0v) is 18.6. The number of benzene rings is 2. The number of nitrogens with one attached hydrogen (secondary N) is 2. The highest BCUT2D eigenvalue weighted by molar-refractivity contribution is 5.79. The number of carbonyl (C=O) groups excluding carboxylic acids is 2. The van der Waals surface area contributed by atoms with Gasteiger partial charge in [0, 0.05) is 31.3 Å². The molecule has 7 nitrogen and oxygen atoms in total. The minimum Gasteiger partial charge on any atom is -0.481 e. The maximum absolute atomic E-state index is 12.5. The summed E-state index contributed by atoms with van der Waals surface area (Å²) in [5.41, 5.74) is 4.76. The number of carboxylic acid groups (broad SMARTS) is 1. The van der Waals surface area contributed by atoms with E-state index in [1.165, 1.54) is 22.3 Å². The van der Waals surface area contributed by atoms with Crippen molar-refractivity contribution in [1.82, 2.24) is 10.6 Å². The molecule has 0 heterocycles. The van der Waals surface area contributed by atoms with Crippen LogP contribution < -0.4 is 10.6 Å². The molecule has 2 aliphatic carbocycles. The monoisotopic (exact) mass is 450 g/mol. The first-order chi connectivity index (χ1) is 16.0. The van der Waals surface area contributed by atoms with Gasteiger partial charge in [0.1, 0.15) is 6.61 Å². The Morgan fingerprint density at radius 1 is 0.970 bits per heavy atom. The topological polar surface area (TPSA) is 105 Å². The number of aliphatic carboxylic acids is 1. The highest BCUT2D eigenvalue weighted by Gasteiger charge is 2.31. The molecule has 0 aliphatic heterocycles. The van der Waals surface area contributed by atoms with Crippen molar-refractivity contribution in [2.75, 3.05) is 13.2 Å². The van der Waals surface area contributed by atoms with Gasteiger partial charge < -0.3 is 20.5 Å². The van der Waals surface area contributed by atoms with E-state index in [0.29, 0.717) is 19.4 Å². The molecular formula is C26H30N2O5. The van der Waals surface area contributed by atoms with Gasteiger partial charge in [-0.1, -0.05) is 48.5 Å². The smallest absolute Gasteiger partial charge is 0.407 e. The Balaban J connectivity index is 1.21. The van der Waals surface area contributed by atoms with E-state index in [4.69, 9.17) is 9.84 Å². The van der Waals surface area contributed by atoms with Crippen molar-refractivity contribution < 1.29 is 24.2 Å². The van der Waals surface area contributed by atoms with Crippen LogP contribution in [0.1, 0.15) is 55.6 Å². The highest BCUT2D eigenvalue weighted by Crippen LogP contribution is 2.44. The third-order valence-electron chi connectivity index (χ3n) is 6.57. The predicted octanol–water partition coefficient (Wildman–Crippen LogP) is 4.06. The summed E-state index contributed by atoms with van der Waals surface area (Å²) in [5.74, 6) is -0.679. The largest absolute Gasteiger partial charge is 0.481 e. The van der Waals surface area contributed by atoms with E-state index in [0.717, 1.165) is 19.3 Å². The van der Waals surface area contributed by atoms with Gasteiger partial charge in [-0.2, -0.15) is 0 Å². The molecule has 2 atom stereocenters. The van der Waals surface area contributed by atoms with Gasteiger partial charge in [-0.3, -0.25) is 9.59 Å². The predicted molar refractivity (Wildman–Crippen MR) is 124 cm³/mol. The first-order valence-electron chi connectivity index (χ1n) is 11.6. The number of ether oxygens (including phenoxy) is 1. The fourth-order valence-corrected chi connectivity index (χ4v) is 5.00. The summed E-state index contributed by atoms with van der Waals surface area (Å²) in [4.78, 5) is 35.0. The van der Waals surface area contributed by atoms with Crippen LogP contribution >= 0.6 is 0 Å². The van der Waals surface area contributed by atoms with E-state index in [1.54, 1.807) is 0 Å². The third kappa shape index (κ3) is 5.72. The summed E-state index contributed by atoms with van der Waals surface area (Å²) in [7, 11) is 0. The molecule has 7 heteroatoms. The molecule has 3 N–H and O–H groups in total. The Hall–Kier alpha value is -3.35. The Bertz CT molecular complexity index is 976. The number of carboxylic acids is 1. The zero-order chi connectivity index (χ0) is 23.2. The van der Waals surface area contributed by atoms with Gasteiger partial charge in [0.05, 0.1) is 0 Å². The molecular weight excluding hydrogens is 420 g/mol. The maximum Gasteiger partial charge on any atom is 0.407 e.